The average molecular weight is 204 g/mol. The zero-order valence-electron chi connectivity index (χ0n) is 9.50. The van der Waals surface area contributed by atoms with Crippen LogP contribution in [-0.4, -0.2) is 20.1 Å². The van der Waals surface area contributed by atoms with E-state index in [4.69, 9.17) is 0 Å². The molecule has 0 atom stereocenters. The first-order chi connectivity index (χ1) is 7.40. The quantitative estimate of drug-likeness (QED) is 0.813. The van der Waals surface area contributed by atoms with Gasteiger partial charge in [-0.2, -0.15) is 0 Å². The van der Waals surface area contributed by atoms with Gasteiger partial charge in [0.15, 0.2) is 0 Å². The Morgan fingerprint density at radius 3 is 2.73 bits per heavy atom. The molecule has 1 fully saturated rings. The monoisotopic (exact) mass is 204 g/mol. The average Bonchev–Trinajstić information content (AvgIpc) is 2.31. The maximum Gasteiger partial charge on any atom is 0.0369 e. The largest absolute Gasteiger partial charge is 0.372 e. The second-order valence-electron chi connectivity index (χ2n) is 4.25. The molecular weight excluding hydrogens is 184 g/mol. The second-order valence-corrected chi connectivity index (χ2v) is 4.25. The van der Waals surface area contributed by atoms with E-state index in [0.29, 0.717) is 0 Å². The van der Waals surface area contributed by atoms with Gasteiger partial charge in [0.25, 0.3) is 0 Å². The topological polar surface area (TPSA) is 15.3 Å². The summed E-state index contributed by atoms with van der Waals surface area (Å²) in [5, 5.41) is 3.20. The second kappa shape index (κ2) is 5.17. The summed E-state index contributed by atoms with van der Waals surface area (Å²) in [5.41, 5.74) is 2.77. The SMILES string of the molecule is CNCc1cccc(N2CCCCC2)c1. The molecule has 0 bridgehead atoms. The van der Waals surface area contributed by atoms with Crippen molar-refractivity contribution < 1.29 is 0 Å². The first-order valence-electron chi connectivity index (χ1n) is 5.88. The maximum absolute atomic E-state index is 3.20. The van der Waals surface area contributed by atoms with E-state index < -0.39 is 0 Å². The molecule has 0 unspecified atom stereocenters. The fourth-order valence-electron chi connectivity index (χ4n) is 2.22. The van der Waals surface area contributed by atoms with Crippen molar-refractivity contribution in [1.82, 2.24) is 5.32 Å². The molecule has 2 heteroatoms. The van der Waals surface area contributed by atoms with E-state index in [2.05, 4.69) is 34.5 Å². The van der Waals surface area contributed by atoms with E-state index in [1.165, 1.54) is 43.6 Å². The summed E-state index contributed by atoms with van der Waals surface area (Å²) in [4.78, 5) is 2.50. The number of nitrogens with one attached hydrogen (secondary N) is 1. The lowest BCUT2D eigenvalue weighted by Gasteiger charge is -2.29. The summed E-state index contributed by atoms with van der Waals surface area (Å²) in [5.74, 6) is 0. The van der Waals surface area contributed by atoms with Gasteiger partial charge in [-0.3, -0.25) is 0 Å². The molecule has 1 aliphatic heterocycles. The fourth-order valence-corrected chi connectivity index (χ4v) is 2.22. The van der Waals surface area contributed by atoms with Gasteiger partial charge in [-0.1, -0.05) is 12.1 Å². The van der Waals surface area contributed by atoms with E-state index in [1.54, 1.807) is 0 Å². The van der Waals surface area contributed by atoms with Gasteiger partial charge in [-0.25, -0.2) is 0 Å². The molecule has 0 aliphatic carbocycles. The molecule has 15 heavy (non-hydrogen) atoms. The van der Waals surface area contributed by atoms with E-state index in [9.17, 15) is 0 Å². The lowest BCUT2D eigenvalue weighted by Crippen LogP contribution is -2.29. The Labute approximate surface area is 92.3 Å². The van der Waals surface area contributed by atoms with Gasteiger partial charge in [0.2, 0.25) is 0 Å². The molecule has 0 spiro atoms. The molecule has 0 amide bonds. The zero-order valence-corrected chi connectivity index (χ0v) is 9.50. The number of nitrogens with zero attached hydrogens (tertiary/aromatic N) is 1. The summed E-state index contributed by atoms with van der Waals surface area (Å²) in [6, 6.07) is 8.88. The van der Waals surface area contributed by atoms with Crippen LogP contribution < -0.4 is 10.2 Å². The smallest absolute Gasteiger partial charge is 0.0369 e. The van der Waals surface area contributed by atoms with Crippen LogP contribution >= 0.6 is 0 Å². The minimum Gasteiger partial charge on any atom is -0.372 e. The standard InChI is InChI=1S/C13H20N2/c1-14-11-12-6-5-7-13(10-12)15-8-3-2-4-9-15/h5-7,10,14H,2-4,8-9,11H2,1H3. The Morgan fingerprint density at radius 2 is 2.00 bits per heavy atom. The van der Waals surface area contributed by atoms with Crippen LogP contribution in [0.1, 0.15) is 24.8 Å². The number of benzene rings is 1. The van der Waals surface area contributed by atoms with E-state index in [-0.39, 0.29) is 0 Å². The molecule has 2 rings (SSSR count). The number of hydrogen-bond donors (Lipinski definition) is 1. The van der Waals surface area contributed by atoms with Crippen molar-refractivity contribution in [1.29, 1.82) is 0 Å². The number of anilines is 1. The summed E-state index contributed by atoms with van der Waals surface area (Å²) < 4.78 is 0. The van der Waals surface area contributed by atoms with E-state index in [1.807, 2.05) is 7.05 Å². The van der Waals surface area contributed by atoms with Gasteiger partial charge in [-0.15, -0.1) is 0 Å². The molecule has 0 saturated carbocycles. The van der Waals surface area contributed by atoms with Crippen LogP contribution in [0.15, 0.2) is 24.3 Å². The molecule has 82 valence electrons. The maximum atomic E-state index is 3.20. The highest BCUT2D eigenvalue weighted by Gasteiger charge is 2.10. The zero-order chi connectivity index (χ0) is 10.5. The molecular formula is C13H20N2. The summed E-state index contributed by atoms with van der Waals surface area (Å²) in [7, 11) is 1.99. The van der Waals surface area contributed by atoms with Crippen molar-refractivity contribution in [2.75, 3.05) is 25.0 Å². The van der Waals surface area contributed by atoms with Crippen LogP contribution in [0.5, 0.6) is 0 Å². The van der Waals surface area contributed by atoms with Crippen molar-refractivity contribution in [2.24, 2.45) is 0 Å². The summed E-state index contributed by atoms with van der Waals surface area (Å²) >= 11 is 0. The van der Waals surface area contributed by atoms with Crippen LogP contribution in [-0.2, 0) is 6.54 Å². The highest BCUT2D eigenvalue weighted by atomic mass is 15.1. The Morgan fingerprint density at radius 1 is 1.20 bits per heavy atom. The number of piperidine rings is 1. The van der Waals surface area contributed by atoms with Gasteiger partial charge in [0, 0.05) is 25.3 Å². The van der Waals surface area contributed by atoms with Gasteiger partial charge in [0.05, 0.1) is 0 Å². The number of hydrogen-bond acceptors (Lipinski definition) is 2. The molecule has 0 aromatic heterocycles. The van der Waals surface area contributed by atoms with Gasteiger partial charge in [-0.05, 0) is 44.0 Å². The predicted octanol–water partition coefficient (Wildman–Crippen LogP) is 2.40. The lowest BCUT2D eigenvalue weighted by atomic mass is 10.1. The first kappa shape index (κ1) is 10.5. The highest BCUT2D eigenvalue weighted by molar-refractivity contribution is 5.48. The van der Waals surface area contributed by atoms with Crippen LogP contribution in [0.3, 0.4) is 0 Å². The number of rotatable bonds is 3. The third-order valence-electron chi connectivity index (χ3n) is 3.01. The minimum absolute atomic E-state index is 0.960. The Balaban J connectivity index is 2.09. The highest BCUT2D eigenvalue weighted by Crippen LogP contribution is 2.20. The van der Waals surface area contributed by atoms with Crippen molar-refractivity contribution in [3.8, 4) is 0 Å². The Hall–Kier alpha value is -1.02. The molecule has 1 saturated heterocycles. The lowest BCUT2D eigenvalue weighted by molar-refractivity contribution is 0.577. The molecule has 1 aromatic carbocycles. The van der Waals surface area contributed by atoms with E-state index in [0.717, 1.165) is 6.54 Å². The summed E-state index contributed by atoms with van der Waals surface area (Å²) in [6.45, 7) is 3.41. The van der Waals surface area contributed by atoms with Crippen molar-refractivity contribution in [3.63, 3.8) is 0 Å². The van der Waals surface area contributed by atoms with Gasteiger partial charge in [0.1, 0.15) is 0 Å². The third kappa shape index (κ3) is 2.72. The first-order valence-corrected chi connectivity index (χ1v) is 5.88. The molecule has 1 aromatic rings. The van der Waals surface area contributed by atoms with Crippen molar-refractivity contribution in [2.45, 2.75) is 25.8 Å². The van der Waals surface area contributed by atoms with Crippen LogP contribution in [0.2, 0.25) is 0 Å². The van der Waals surface area contributed by atoms with E-state index >= 15 is 0 Å². The fraction of sp³-hybridized carbons (Fsp3) is 0.538. The normalized spacial score (nSPS) is 16.7. The van der Waals surface area contributed by atoms with Gasteiger partial charge >= 0.3 is 0 Å². The van der Waals surface area contributed by atoms with Crippen LogP contribution in [0.25, 0.3) is 0 Å². The molecule has 0 radical (unpaired) electrons. The third-order valence-corrected chi connectivity index (χ3v) is 3.01. The molecule has 1 heterocycles. The molecule has 1 N–H and O–H groups in total. The Kier molecular flexibility index (Phi) is 3.62. The summed E-state index contributed by atoms with van der Waals surface area (Å²) in [6.07, 6.45) is 4.08. The molecule has 2 nitrogen and oxygen atoms in total. The minimum atomic E-state index is 0.960. The van der Waals surface area contributed by atoms with Crippen molar-refractivity contribution in [3.05, 3.63) is 29.8 Å². The van der Waals surface area contributed by atoms with Gasteiger partial charge < -0.3 is 10.2 Å². The Bertz CT molecular complexity index is 303. The molecule has 1 aliphatic rings. The van der Waals surface area contributed by atoms with Crippen LogP contribution in [0, 0.1) is 0 Å². The van der Waals surface area contributed by atoms with Crippen LogP contribution in [0.4, 0.5) is 5.69 Å². The predicted molar refractivity (Wildman–Crippen MR) is 65.3 cm³/mol. The van der Waals surface area contributed by atoms with Crippen molar-refractivity contribution >= 4 is 5.69 Å².